The number of piperidine rings is 1. The normalized spacial score (nSPS) is 29.9. The van der Waals surface area contributed by atoms with Crippen LogP contribution in [-0.2, 0) is 0 Å². The van der Waals surface area contributed by atoms with E-state index >= 15 is 0 Å². The molecule has 2 atom stereocenters. The number of hydrogen-bond acceptors (Lipinski definition) is 1. The van der Waals surface area contributed by atoms with Crippen LogP contribution in [0.2, 0.25) is 0 Å². The van der Waals surface area contributed by atoms with Crippen LogP contribution in [0, 0.1) is 11.8 Å². The van der Waals surface area contributed by atoms with E-state index in [-0.39, 0.29) is 0 Å². The van der Waals surface area contributed by atoms with Gasteiger partial charge < -0.3 is 5.32 Å². The van der Waals surface area contributed by atoms with Gasteiger partial charge in [0.25, 0.3) is 0 Å². The quantitative estimate of drug-likeness (QED) is 0.871. The molecule has 92 valence electrons. The summed E-state index contributed by atoms with van der Waals surface area (Å²) in [6.45, 7) is 2.37. The zero-order valence-electron chi connectivity index (χ0n) is 10.2. The Balaban J connectivity index is 1.85. The van der Waals surface area contributed by atoms with Crippen molar-refractivity contribution >= 4 is 15.9 Å². The molecule has 2 aliphatic rings. The third kappa shape index (κ3) is 2.30. The molecular formula is C15H20BrN. The van der Waals surface area contributed by atoms with Crippen molar-refractivity contribution in [3.05, 3.63) is 34.3 Å². The molecule has 1 saturated heterocycles. The van der Waals surface area contributed by atoms with Crippen LogP contribution >= 0.6 is 15.9 Å². The van der Waals surface area contributed by atoms with Crippen LogP contribution in [-0.4, -0.2) is 13.1 Å². The smallest absolute Gasteiger partial charge is 0.0210 e. The summed E-state index contributed by atoms with van der Waals surface area (Å²) in [4.78, 5) is 0. The van der Waals surface area contributed by atoms with Crippen molar-refractivity contribution < 1.29 is 0 Å². The number of nitrogens with one attached hydrogen (secondary N) is 1. The predicted molar refractivity (Wildman–Crippen MR) is 75.2 cm³/mol. The summed E-state index contributed by atoms with van der Waals surface area (Å²) in [6, 6.07) is 8.77. The van der Waals surface area contributed by atoms with E-state index in [2.05, 4.69) is 45.5 Å². The first-order valence-electron chi connectivity index (χ1n) is 6.81. The second kappa shape index (κ2) is 5.11. The molecule has 0 spiro atoms. The van der Waals surface area contributed by atoms with Crippen LogP contribution in [0.1, 0.15) is 37.2 Å². The Labute approximate surface area is 112 Å². The molecule has 2 fully saturated rings. The van der Waals surface area contributed by atoms with Crippen LogP contribution in [0.4, 0.5) is 0 Å². The molecule has 2 heteroatoms. The standard InChI is InChI=1S/C15H20BrN/c16-15-7-2-1-6-13(15)14-10-17-9-8-12(14)11-4-3-5-11/h1-2,6-7,11-12,14,17H,3-5,8-10H2. The lowest BCUT2D eigenvalue weighted by atomic mass is 9.66. The minimum absolute atomic E-state index is 0.713. The molecule has 0 amide bonds. The molecule has 0 aromatic heterocycles. The Bertz CT molecular complexity index is 386. The molecule has 17 heavy (non-hydrogen) atoms. The Kier molecular flexibility index (Phi) is 3.53. The fourth-order valence-electron chi connectivity index (χ4n) is 3.43. The van der Waals surface area contributed by atoms with Gasteiger partial charge >= 0.3 is 0 Å². The summed E-state index contributed by atoms with van der Waals surface area (Å²) < 4.78 is 1.29. The maximum Gasteiger partial charge on any atom is 0.0210 e. The number of rotatable bonds is 2. The van der Waals surface area contributed by atoms with Crippen molar-refractivity contribution in [2.45, 2.75) is 31.6 Å². The van der Waals surface area contributed by atoms with Crippen LogP contribution in [0.15, 0.2) is 28.7 Å². The van der Waals surface area contributed by atoms with Crippen molar-refractivity contribution in [2.24, 2.45) is 11.8 Å². The Hall–Kier alpha value is -0.340. The van der Waals surface area contributed by atoms with Gasteiger partial charge in [-0.05, 0) is 36.4 Å². The van der Waals surface area contributed by atoms with Gasteiger partial charge in [0.2, 0.25) is 0 Å². The summed E-state index contributed by atoms with van der Waals surface area (Å²) >= 11 is 3.72. The highest BCUT2D eigenvalue weighted by Gasteiger charge is 2.35. The fourth-order valence-corrected chi connectivity index (χ4v) is 4.01. The first-order chi connectivity index (χ1) is 8.36. The highest BCUT2D eigenvalue weighted by atomic mass is 79.9. The first-order valence-corrected chi connectivity index (χ1v) is 7.60. The summed E-state index contributed by atoms with van der Waals surface area (Å²) in [5.41, 5.74) is 1.51. The average molecular weight is 294 g/mol. The van der Waals surface area contributed by atoms with Crippen molar-refractivity contribution in [3.63, 3.8) is 0 Å². The van der Waals surface area contributed by atoms with Gasteiger partial charge in [0, 0.05) is 16.9 Å². The zero-order chi connectivity index (χ0) is 11.7. The van der Waals surface area contributed by atoms with Crippen LogP contribution in [0.25, 0.3) is 0 Å². The molecule has 1 nitrogen and oxygen atoms in total. The summed E-state index contributed by atoms with van der Waals surface area (Å²) in [5.74, 6) is 2.61. The van der Waals surface area contributed by atoms with E-state index in [1.807, 2.05) is 0 Å². The Morgan fingerprint density at radius 1 is 1.12 bits per heavy atom. The second-order valence-electron chi connectivity index (χ2n) is 5.48. The van der Waals surface area contributed by atoms with E-state index in [1.165, 1.54) is 42.3 Å². The van der Waals surface area contributed by atoms with Crippen molar-refractivity contribution in [1.82, 2.24) is 5.32 Å². The highest BCUT2D eigenvalue weighted by Crippen LogP contribution is 2.44. The monoisotopic (exact) mass is 293 g/mol. The topological polar surface area (TPSA) is 12.0 Å². The summed E-state index contributed by atoms with van der Waals surface area (Å²) in [7, 11) is 0. The maximum atomic E-state index is 3.72. The van der Waals surface area contributed by atoms with Gasteiger partial charge in [-0.2, -0.15) is 0 Å². The lowest BCUT2D eigenvalue weighted by molar-refractivity contribution is 0.146. The van der Waals surface area contributed by atoms with Crippen LogP contribution in [0.5, 0.6) is 0 Å². The molecule has 0 bridgehead atoms. The molecule has 1 aliphatic carbocycles. The largest absolute Gasteiger partial charge is 0.316 e. The van der Waals surface area contributed by atoms with Gasteiger partial charge in [0.05, 0.1) is 0 Å². The van der Waals surface area contributed by atoms with E-state index in [4.69, 9.17) is 0 Å². The third-order valence-corrected chi connectivity index (χ3v) is 5.32. The summed E-state index contributed by atoms with van der Waals surface area (Å²) in [6.07, 6.45) is 5.74. The van der Waals surface area contributed by atoms with E-state index < -0.39 is 0 Å². The highest BCUT2D eigenvalue weighted by molar-refractivity contribution is 9.10. The second-order valence-corrected chi connectivity index (χ2v) is 6.33. The summed E-state index contributed by atoms with van der Waals surface area (Å²) in [5, 5.41) is 3.57. The Morgan fingerprint density at radius 3 is 2.65 bits per heavy atom. The lowest BCUT2D eigenvalue weighted by Gasteiger charge is -2.42. The average Bonchev–Trinajstić information content (AvgIpc) is 2.29. The first kappa shape index (κ1) is 11.7. The lowest BCUT2D eigenvalue weighted by Crippen LogP contribution is -2.40. The molecule has 1 N–H and O–H groups in total. The van der Waals surface area contributed by atoms with E-state index in [0.29, 0.717) is 5.92 Å². The van der Waals surface area contributed by atoms with Gasteiger partial charge in [0.1, 0.15) is 0 Å². The maximum absolute atomic E-state index is 3.72. The molecule has 1 saturated carbocycles. The van der Waals surface area contributed by atoms with Crippen molar-refractivity contribution in [1.29, 1.82) is 0 Å². The van der Waals surface area contributed by atoms with Crippen molar-refractivity contribution in [3.8, 4) is 0 Å². The number of halogens is 1. The molecule has 3 rings (SSSR count). The molecule has 0 radical (unpaired) electrons. The van der Waals surface area contributed by atoms with Gasteiger partial charge in [-0.3, -0.25) is 0 Å². The molecule has 1 heterocycles. The number of hydrogen-bond donors (Lipinski definition) is 1. The van der Waals surface area contributed by atoms with Crippen molar-refractivity contribution in [2.75, 3.05) is 13.1 Å². The van der Waals surface area contributed by atoms with Gasteiger partial charge in [0.15, 0.2) is 0 Å². The molecular weight excluding hydrogens is 274 g/mol. The van der Waals surface area contributed by atoms with Crippen LogP contribution in [0.3, 0.4) is 0 Å². The SMILES string of the molecule is Brc1ccccc1C1CNCCC1C1CCC1. The van der Waals surface area contributed by atoms with Gasteiger partial charge in [-0.15, -0.1) is 0 Å². The van der Waals surface area contributed by atoms with E-state index in [1.54, 1.807) is 0 Å². The van der Waals surface area contributed by atoms with Gasteiger partial charge in [-0.1, -0.05) is 53.4 Å². The molecule has 2 unspecified atom stereocenters. The zero-order valence-corrected chi connectivity index (χ0v) is 11.7. The number of benzene rings is 1. The third-order valence-electron chi connectivity index (χ3n) is 4.60. The minimum Gasteiger partial charge on any atom is -0.316 e. The molecule has 1 aromatic carbocycles. The van der Waals surface area contributed by atoms with Crippen LogP contribution < -0.4 is 5.32 Å². The minimum atomic E-state index is 0.713. The fraction of sp³-hybridized carbons (Fsp3) is 0.600. The Morgan fingerprint density at radius 2 is 1.94 bits per heavy atom. The molecule has 1 aromatic rings. The van der Waals surface area contributed by atoms with Gasteiger partial charge in [-0.25, -0.2) is 0 Å². The predicted octanol–water partition coefficient (Wildman–Crippen LogP) is 3.94. The van der Waals surface area contributed by atoms with E-state index in [0.717, 1.165) is 18.4 Å². The molecule has 1 aliphatic heterocycles. The van der Waals surface area contributed by atoms with E-state index in [9.17, 15) is 0 Å².